The van der Waals surface area contributed by atoms with E-state index >= 15 is 0 Å². The molecule has 1 saturated heterocycles. The van der Waals surface area contributed by atoms with Crippen LogP contribution in [0.15, 0.2) is 24.3 Å². The van der Waals surface area contributed by atoms with Gasteiger partial charge in [-0.2, -0.15) is 5.10 Å². The molecule has 4 nitrogen and oxygen atoms in total. The molecular weight excluding hydrogens is 317 g/mol. The molecule has 25 heavy (non-hydrogen) atoms. The summed E-state index contributed by atoms with van der Waals surface area (Å²) in [5.74, 6) is 0.270. The van der Waals surface area contributed by atoms with Crippen molar-refractivity contribution < 1.29 is 9.18 Å². The number of halogens is 1. The molecule has 134 valence electrons. The van der Waals surface area contributed by atoms with Gasteiger partial charge in [0.05, 0.1) is 5.69 Å². The zero-order valence-corrected chi connectivity index (χ0v) is 15.4. The second kappa shape index (κ2) is 6.98. The van der Waals surface area contributed by atoms with Gasteiger partial charge in [0, 0.05) is 37.7 Å². The molecule has 0 N–H and O–H groups in total. The largest absolute Gasteiger partial charge is 0.339 e. The first-order valence-corrected chi connectivity index (χ1v) is 8.90. The van der Waals surface area contributed by atoms with E-state index in [0.29, 0.717) is 12.3 Å². The summed E-state index contributed by atoms with van der Waals surface area (Å²) in [7, 11) is 1.93. The second-order valence-corrected chi connectivity index (χ2v) is 7.15. The van der Waals surface area contributed by atoms with Crippen molar-refractivity contribution in [2.45, 2.75) is 52.0 Å². The van der Waals surface area contributed by atoms with E-state index in [1.807, 2.05) is 42.6 Å². The molecule has 2 aromatic rings. The van der Waals surface area contributed by atoms with Gasteiger partial charge in [0.1, 0.15) is 5.82 Å². The highest BCUT2D eigenvalue weighted by Gasteiger charge is 2.33. The standard InChI is InChI=1S/C20H26FN3O/c1-13-11-17(16-5-7-18(21)8-6-16)12-24(13)20(25)10-9-19-14(2)22-23(4)15(19)3/h5-8,13,17H,9-12H2,1-4H3/t13-,17-/m1/s1. The summed E-state index contributed by atoms with van der Waals surface area (Å²) < 4.78 is 15.0. The van der Waals surface area contributed by atoms with Crippen LogP contribution in [0.5, 0.6) is 0 Å². The molecule has 5 heteroatoms. The lowest BCUT2D eigenvalue weighted by Gasteiger charge is -2.21. The van der Waals surface area contributed by atoms with Gasteiger partial charge in [0.25, 0.3) is 0 Å². The number of hydrogen-bond donors (Lipinski definition) is 0. The maximum absolute atomic E-state index is 13.1. The first-order valence-electron chi connectivity index (χ1n) is 8.90. The van der Waals surface area contributed by atoms with E-state index in [1.165, 1.54) is 17.7 Å². The van der Waals surface area contributed by atoms with E-state index in [4.69, 9.17) is 0 Å². The van der Waals surface area contributed by atoms with Gasteiger partial charge in [-0.05, 0) is 56.9 Å². The predicted molar refractivity (Wildman–Crippen MR) is 95.9 cm³/mol. The fourth-order valence-corrected chi connectivity index (χ4v) is 3.91. The van der Waals surface area contributed by atoms with Crippen molar-refractivity contribution in [3.05, 3.63) is 52.6 Å². The highest BCUT2D eigenvalue weighted by Crippen LogP contribution is 2.32. The number of likely N-dealkylation sites (tertiary alicyclic amines) is 1. The molecule has 2 atom stereocenters. The van der Waals surface area contributed by atoms with Gasteiger partial charge in [0.2, 0.25) is 5.91 Å². The van der Waals surface area contributed by atoms with Crippen LogP contribution in [-0.4, -0.2) is 33.2 Å². The summed E-state index contributed by atoms with van der Waals surface area (Å²) in [6.45, 7) is 6.86. The van der Waals surface area contributed by atoms with Crippen LogP contribution in [0.4, 0.5) is 4.39 Å². The number of carbonyl (C=O) groups is 1. The second-order valence-electron chi connectivity index (χ2n) is 7.15. The van der Waals surface area contributed by atoms with Crippen molar-refractivity contribution in [1.29, 1.82) is 0 Å². The average Bonchev–Trinajstić information content (AvgIpc) is 3.07. The monoisotopic (exact) mass is 343 g/mol. The molecule has 2 heterocycles. The number of amides is 1. The fourth-order valence-electron chi connectivity index (χ4n) is 3.91. The molecule has 1 aliphatic rings. The van der Waals surface area contributed by atoms with Gasteiger partial charge in [-0.15, -0.1) is 0 Å². The Kier molecular flexibility index (Phi) is 4.93. The smallest absolute Gasteiger partial charge is 0.223 e. The Morgan fingerprint density at radius 2 is 1.96 bits per heavy atom. The van der Waals surface area contributed by atoms with E-state index < -0.39 is 0 Å². The molecule has 0 saturated carbocycles. The third-order valence-electron chi connectivity index (χ3n) is 5.48. The van der Waals surface area contributed by atoms with Crippen LogP contribution in [0.25, 0.3) is 0 Å². The normalized spacial score (nSPS) is 20.3. The molecule has 0 aliphatic carbocycles. The van der Waals surface area contributed by atoms with Crippen LogP contribution in [0.1, 0.15) is 48.2 Å². The minimum absolute atomic E-state index is 0.194. The summed E-state index contributed by atoms with van der Waals surface area (Å²) in [6, 6.07) is 6.89. The third kappa shape index (κ3) is 3.60. The van der Waals surface area contributed by atoms with E-state index in [9.17, 15) is 9.18 Å². The van der Waals surface area contributed by atoms with Crippen LogP contribution in [0.3, 0.4) is 0 Å². The Balaban J connectivity index is 1.63. The minimum Gasteiger partial charge on any atom is -0.339 e. The number of aromatic nitrogens is 2. The zero-order chi connectivity index (χ0) is 18.1. The van der Waals surface area contributed by atoms with Crippen molar-refractivity contribution >= 4 is 5.91 Å². The molecular formula is C20H26FN3O. The van der Waals surface area contributed by atoms with Crippen LogP contribution in [-0.2, 0) is 18.3 Å². The van der Waals surface area contributed by atoms with E-state index in [-0.39, 0.29) is 17.8 Å². The van der Waals surface area contributed by atoms with Gasteiger partial charge in [-0.25, -0.2) is 4.39 Å². The van der Waals surface area contributed by atoms with E-state index in [0.717, 1.165) is 36.3 Å². The quantitative estimate of drug-likeness (QED) is 0.852. The molecule has 0 spiro atoms. The van der Waals surface area contributed by atoms with Gasteiger partial charge < -0.3 is 4.90 Å². The molecule has 1 aromatic heterocycles. The Labute approximate surface area is 148 Å². The van der Waals surface area contributed by atoms with Crippen LogP contribution < -0.4 is 0 Å². The fraction of sp³-hybridized carbons (Fsp3) is 0.500. The van der Waals surface area contributed by atoms with Crippen molar-refractivity contribution in [2.24, 2.45) is 7.05 Å². The Morgan fingerprint density at radius 3 is 2.56 bits per heavy atom. The molecule has 3 rings (SSSR count). The molecule has 0 radical (unpaired) electrons. The van der Waals surface area contributed by atoms with Crippen molar-refractivity contribution in [3.63, 3.8) is 0 Å². The van der Waals surface area contributed by atoms with Crippen molar-refractivity contribution in [2.75, 3.05) is 6.54 Å². The Bertz CT molecular complexity index is 766. The first-order chi connectivity index (χ1) is 11.9. The summed E-state index contributed by atoms with van der Waals surface area (Å²) in [5, 5.41) is 4.42. The maximum atomic E-state index is 13.1. The van der Waals surface area contributed by atoms with Crippen molar-refractivity contribution in [1.82, 2.24) is 14.7 Å². The van der Waals surface area contributed by atoms with Crippen LogP contribution >= 0.6 is 0 Å². The Morgan fingerprint density at radius 1 is 1.28 bits per heavy atom. The zero-order valence-electron chi connectivity index (χ0n) is 15.4. The Hall–Kier alpha value is -2.17. The highest BCUT2D eigenvalue weighted by molar-refractivity contribution is 5.77. The molecule has 1 aromatic carbocycles. The van der Waals surface area contributed by atoms with E-state index in [1.54, 1.807) is 0 Å². The lowest BCUT2D eigenvalue weighted by atomic mass is 9.97. The molecule has 0 unspecified atom stereocenters. The van der Waals surface area contributed by atoms with Crippen molar-refractivity contribution in [3.8, 4) is 0 Å². The van der Waals surface area contributed by atoms with E-state index in [2.05, 4.69) is 12.0 Å². The third-order valence-corrected chi connectivity index (χ3v) is 5.48. The topological polar surface area (TPSA) is 38.1 Å². The number of nitrogens with zero attached hydrogens (tertiary/aromatic N) is 3. The lowest BCUT2D eigenvalue weighted by Crippen LogP contribution is -2.34. The van der Waals surface area contributed by atoms with Crippen LogP contribution in [0, 0.1) is 19.7 Å². The predicted octanol–water partition coefficient (Wildman–Crippen LogP) is 3.51. The molecule has 1 aliphatic heterocycles. The highest BCUT2D eigenvalue weighted by atomic mass is 19.1. The van der Waals surface area contributed by atoms with Gasteiger partial charge in [0.15, 0.2) is 0 Å². The number of carbonyl (C=O) groups excluding carboxylic acids is 1. The first kappa shape index (κ1) is 17.6. The SMILES string of the molecule is Cc1nn(C)c(C)c1CCC(=O)N1C[C@H](c2ccc(F)cc2)C[C@H]1C. The maximum Gasteiger partial charge on any atom is 0.223 e. The molecule has 0 bridgehead atoms. The summed E-state index contributed by atoms with van der Waals surface area (Å²) >= 11 is 0. The molecule has 1 fully saturated rings. The average molecular weight is 343 g/mol. The summed E-state index contributed by atoms with van der Waals surface area (Å²) in [6.07, 6.45) is 2.17. The van der Waals surface area contributed by atoms with Crippen LogP contribution in [0.2, 0.25) is 0 Å². The molecule has 1 amide bonds. The lowest BCUT2D eigenvalue weighted by molar-refractivity contribution is -0.131. The van der Waals surface area contributed by atoms with Gasteiger partial charge in [-0.1, -0.05) is 12.1 Å². The number of rotatable bonds is 4. The number of aryl methyl sites for hydroxylation is 2. The minimum atomic E-state index is -0.218. The summed E-state index contributed by atoms with van der Waals surface area (Å²) in [5.41, 5.74) is 4.43. The number of hydrogen-bond acceptors (Lipinski definition) is 2. The summed E-state index contributed by atoms with van der Waals surface area (Å²) in [4.78, 5) is 14.7. The van der Waals surface area contributed by atoms with Gasteiger partial charge >= 0.3 is 0 Å². The van der Waals surface area contributed by atoms with Gasteiger partial charge in [-0.3, -0.25) is 9.48 Å². The number of benzene rings is 1.